The Bertz CT molecular complexity index is 450. The summed E-state index contributed by atoms with van der Waals surface area (Å²) < 4.78 is 0. The summed E-state index contributed by atoms with van der Waals surface area (Å²) in [4.78, 5) is 21.7. The van der Waals surface area contributed by atoms with E-state index in [-0.39, 0.29) is 24.9 Å². The van der Waals surface area contributed by atoms with Gasteiger partial charge in [-0.25, -0.2) is 4.79 Å². The van der Waals surface area contributed by atoms with Crippen LogP contribution in [0, 0.1) is 10.1 Å². The van der Waals surface area contributed by atoms with Crippen molar-refractivity contribution in [3.05, 3.63) is 39.9 Å². The van der Waals surface area contributed by atoms with E-state index < -0.39 is 11.0 Å². The summed E-state index contributed by atoms with van der Waals surface area (Å²) in [7, 11) is 0. The second-order valence-electron chi connectivity index (χ2n) is 3.94. The maximum atomic E-state index is 11.5. The van der Waals surface area contributed by atoms with Crippen molar-refractivity contribution in [3.63, 3.8) is 0 Å². The van der Waals surface area contributed by atoms with Crippen molar-refractivity contribution >= 4 is 11.7 Å². The molecule has 104 valence electrons. The van der Waals surface area contributed by atoms with E-state index in [0.29, 0.717) is 12.0 Å². The molecule has 0 aliphatic carbocycles. The third-order valence-electron chi connectivity index (χ3n) is 2.59. The van der Waals surface area contributed by atoms with Gasteiger partial charge < -0.3 is 15.7 Å². The maximum Gasteiger partial charge on any atom is 0.315 e. The summed E-state index contributed by atoms with van der Waals surface area (Å²) in [6.45, 7) is 1.90. The largest absolute Gasteiger partial charge is 0.395 e. The van der Waals surface area contributed by atoms with Crippen molar-refractivity contribution < 1.29 is 14.8 Å². The number of hydrogen-bond donors (Lipinski definition) is 3. The smallest absolute Gasteiger partial charge is 0.315 e. The van der Waals surface area contributed by atoms with Gasteiger partial charge in [0, 0.05) is 18.7 Å². The minimum atomic E-state index is -0.470. The minimum absolute atomic E-state index is 0.00600. The first-order valence-corrected chi connectivity index (χ1v) is 5.98. The van der Waals surface area contributed by atoms with E-state index in [1.165, 1.54) is 12.1 Å². The van der Waals surface area contributed by atoms with E-state index in [0.717, 1.165) is 0 Å². The summed E-state index contributed by atoms with van der Waals surface area (Å²) in [6.07, 6.45) is 0.605. The average Bonchev–Trinajstić information content (AvgIpc) is 2.42. The number of rotatable bonds is 6. The average molecular weight is 267 g/mol. The number of non-ortho nitro benzene ring substituents is 1. The van der Waals surface area contributed by atoms with Gasteiger partial charge in [0.15, 0.2) is 0 Å². The Morgan fingerprint density at radius 3 is 2.84 bits per heavy atom. The van der Waals surface area contributed by atoms with Crippen LogP contribution >= 0.6 is 0 Å². The molecule has 0 fully saturated rings. The summed E-state index contributed by atoms with van der Waals surface area (Å²) >= 11 is 0. The minimum Gasteiger partial charge on any atom is -0.395 e. The quantitative estimate of drug-likeness (QED) is 0.534. The first-order valence-electron chi connectivity index (χ1n) is 5.98. The van der Waals surface area contributed by atoms with E-state index in [4.69, 9.17) is 5.11 Å². The van der Waals surface area contributed by atoms with Crippen LogP contribution < -0.4 is 10.6 Å². The highest BCUT2D eigenvalue weighted by molar-refractivity contribution is 5.74. The van der Waals surface area contributed by atoms with E-state index in [1.54, 1.807) is 12.1 Å². The van der Waals surface area contributed by atoms with Crippen LogP contribution in [0.15, 0.2) is 24.3 Å². The number of aliphatic hydroxyl groups is 1. The third-order valence-corrected chi connectivity index (χ3v) is 2.59. The Labute approximate surface area is 110 Å². The molecule has 3 N–H and O–H groups in total. The number of urea groups is 1. The highest BCUT2D eigenvalue weighted by Gasteiger charge is 2.15. The molecule has 0 saturated carbocycles. The number of amides is 2. The molecular weight excluding hydrogens is 250 g/mol. The first-order chi connectivity index (χ1) is 9.08. The molecule has 0 radical (unpaired) electrons. The third kappa shape index (κ3) is 4.55. The van der Waals surface area contributed by atoms with Gasteiger partial charge in [-0.05, 0) is 12.0 Å². The molecule has 19 heavy (non-hydrogen) atoms. The van der Waals surface area contributed by atoms with Crippen LogP contribution in [0.25, 0.3) is 0 Å². The molecule has 7 heteroatoms. The maximum absolute atomic E-state index is 11.5. The van der Waals surface area contributed by atoms with Gasteiger partial charge in [0.2, 0.25) is 0 Å². The number of carbonyl (C=O) groups excluding carboxylic acids is 1. The fourth-order valence-electron chi connectivity index (χ4n) is 1.65. The fraction of sp³-hybridized carbons (Fsp3) is 0.417. The molecule has 1 rings (SSSR count). The van der Waals surface area contributed by atoms with Crippen LogP contribution in [0.3, 0.4) is 0 Å². The second-order valence-corrected chi connectivity index (χ2v) is 3.94. The van der Waals surface area contributed by atoms with Gasteiger partial charge in [-0.3, -0.25) is 10.1 Å². The molecule has 2 amide bonds. The van der Waals surface area contributed by atoms with Gasteiger partial charge in [0.1, 0.15) is 0 Å². The molecule has 1 unspecified atom stereocenters. The molecule has 0 heterocycles. The lowest BCUT2D eigenvalue weighted by molar-refractivity contribution is -0.384. The lowest BCUT2D eigenvalue weighted by Gasteiger charge is -2.17. The molecule has 7 nitrogen and oxygen atoms in total. The Morgan fingerprint density at radius 2 is 2.26 bits per heavy atom. The van der Waals surface area contributed by atoms with E-state index >= 15 is 0 Å². The van der Waals surface area contributed by atoms with Gasteiger partial charge in [-0.15, -0.1) is 0 Å². The Morgan fingerprint density at radius 1 is 1.53 bits per heavy atom. The molecule has 1 atom stereocenters. The van der Waals surface area contributed by atoms with Gasteiger partial charge in [-0.1, -0.05) is 19.1 Å². The van der Waals surface area contributed by atoms with Crippen LogP contribution in [0.2, 0.25) is 0 Å². The van der Waals surface area contributed by atoms with Crippen molar-refractivity contribution in [2.75, 3.05) is 13.2 Å². The van der Waals surface area contributed by atoms with Crippen molar-refractivity contribution in [2.45, 2.75) is 19.4 Å². The van der Waals surface area contributed by atoms with Crippen LogP contribution in [-0.4, -0.2) is 29.2 Å². The molecule has 1 aromatic carbocycles. The number of nitrogens with zero attached hydrogens (tertiary/aromatic N) is 1. The van der Waals surface area contributed by atoms with Crippen molar-refractivity contribution in [1.29, 1.82) is 0 Å². The molecule has 0 bridgehead atoms. The lowest BCUT2D eigenvalue weighted by atomic mass is 10.0. The number of carbonyl (C=O) groups is 1. The summed E-state index contributed by atoms with van der Waals surface area (Å²) in [5.41, 5.74) is 0.671. The Balaban J connectivity index is 2.76. The Hall–Kier alpha value is -2.15. The monoisotopic (exact) mass is 267 g/mol. The summed E-state index contributed by atoms with van der Waals surface area (Å²) in [6, 6.07) is 5.45. The van der Waals surface area contributed by atoms with E-state index in [9.17, 15) is 14.9 Å². The Kier molecular flexibility index (Phi) is 5.74. The SMILES string of the molecule is CCC(NC(=O)NCCO)c1cccc([N+](=O)[O-])c1. The second kappa shape index (κ2) is 7.32. The predicted molar refractivity (Wildman–Crippen MR) is 69.7 cm³/mol. The topological polar surface area (TPSA) is 104 Å². The fourth-order valence-corrected chi connectivity index (χ4v) is 1.65. The highest BCUT2D eigenvalue weighted by atomic mass is 16.6. The molecule has 0 aliphatic heterocycles. The molecular formula is C12H17N3O4. The number of nitrogens with one attached hydrogen (secondary N) is 2. The molecule has 0 saturated heterocycles. The zero-order chi connectivity index (χ0) is 14.3. The van der Waals surface area contributed by atoms with Gasteiger partial charge in [0.25, 0.3) is 5.69 Å². The van der Waals surface area contributed by atoms with E-state index in [2.05, 4.69) is 10.6 Å². The molecule has 0 aliphatic rings. The normalized spacial score (nSPS) is 11.7. The van der Waals surface area contributed by atoms with Crippen LogP contribution in [0.5, 0.6) is 0 Å². The number of hydrogen-bond acceptors (Lipinski definition) is 4. The summed E-state index contributed by atoms with van der Waals surface area (Å²) in [5, 5.41) is 24.5. The van der Waals surface area contributed by atoms with Gasteiger partial charge in [0.05, 0.1) is 17.6 Å². The number of benzene rings is 1. The predicted octanol–water partition coefficient (Wildman–Crippen LogP) is 1.34. The van der Waals surface area contributed by atoms with Crippen LogP contribution in [0.1, 0.15) is 24.9 Å². The first kappa shape index (κ1) is 14.9. The zero-order valence-corrected chi connectivity index (χ0v) is 10.6. The number of nitro groups is 1. The van der Waals surface area contributed by atoms with E-state index in [1.807, 2.05) is 6.92 Å². The van der Waals surface area contributed by atoms with Gasteiger partial charge >= 0.3 is 6.03 Å². The number of nitro benzene ring substituents is 1. The van der Waals surface area contributed by atoms with Crippen molar-refractivity contribution in [3.8, 4) is 0 Å². The highest BCUT2D eigenvalue weighted by Crippen LogP contribution is 2.21. The van der Waals surface area contributed by atoms with Crippen LogP contribution in [-0.2, 0) is 0 Å². The lowest BCUT2D eigenvalue weighted by Crippen LogP contribution is -2.39. The zero-order valence-electron chi connectivity index (χ0n) is 10.6. The number of aliphatic hydroxyl groups excluding tert-OH is 1. The molecule has 0 spiro atoms. The van der Waals surface area contributed by atoms with Gasteiger partial charge in [-0.2, -0.15) is 0 Å². The van der Waals surface area contributed by atoms with Crippen molar-refractivity contribution in [2.24, 2.45) is 0 Å². The molecule has 1 aromatic rings. The van der Waals surface area contributed by atoms with Crippen molar-refractivity contribution in [1.82, 2.24) is 10.6 Å². The van der Waals surface area contributed by atoms with Crippen LogP contribution in [0.4, 0.5) is 10.5 Å². The summed E-state index contributed by atoms with van der Waals surface area (Å²) in [5.74, 6) is 0. The standard InChI is InChI=1S/C12H17N3O4/c1-2-11(14-12(17)13-6-7-16)9-4-3-5-10(8-9)15(18)19/h3-5,8,11,16H,2,6-7H2,1H3,(H2,13,14,17). The molecule has 0 aromatic heterocycles.